The molecule has 15 heteroatoms. The van der Waals surface area contributed by atoms with Gasteiger partial charge in [0.2, 0.25) is 5.13 Å². The smallest absolute Gasteiger partial charge is 0.266 e. The minimum Gasteiger partial charge on any atom is -0.772 e. The lowest BCUT2D eigenvalue weighted by atomic mass is 9.85. The number of hydrogen-bond donors (Lipinski definition) is 0. The van der Waals surface area contributed by atoms with E-state index >= 15 is 0 Å². The SMILES string of the molecule is COc1ccc(CN(c2ncns2)S(=O)(=O)c2ccc3c(c2)OCC[C@@H]3N2CC[C@@H](CS(=O)[O-])C[C@H]2c2ccc(F)cc2)c(OC)c1. The van der Waals surface area contributed by atoms with E-state index in [0.29, 0.717) is 55.2 Å². The molecule has 0 amide bonds. The fraction of sp³-hybridized carbons (Fsp3) is 0.375. The van der Waals surface area contributed by atoms with Gasteiger partial charge in [-0.3, -0.25) is 9.11 Å². The van der Waals surface area contributed by atoms with Crippen molar-refractivity contribution in [3.05, 3.63) is 89.5 Å². The zero-order chi connectivity index (χ0) is 33.1. The summed E-state index contributed by atoms with van der Waals surface area (Å²) in [5.41, 5.74) is 2.35. The maximum Gasteiger partial charge on any atom is 0.266 e. The van der Waals surface area contributed by atoms with Crippen molar-refractivity contribution < 1.29 is 35.8 Å². The van der Waals surface area contributed by atoms with Crippen LogP contribution in [-0.4, -0.2) is 64.6 Å². The fourth-order valence-electron chi connectivity index (χ4n) is 6.44. The molecule has 6 rings (SSSR count). The molecule has 2 aliphatic heterocycles. The van der Waals surface area contributed by atoms with Crippen molar-refractivity contribution in [1.82, 2.24) is 14.3 Å². The summed E-state index contributed by atoms with van der Waals surface area (Å²) in [4.78, 5) is 6.56. The molecule has 0 spiro atoms. The number of rotatable bonds is 11. The second kappa shape index (κ2) is 14.2. The number of methoxy groups -OCH3 is 2. The summed E-state index contributed by atoms with van der Waals surface area (Å²) in [6.45, 7) is 0.932. The first-order chi connectivity index (χ1) is 22.7. The van der Waals surface area contributed by atoms with Crippen LogP contribution in [0.4, 0.5) is 9.52 Å². The van der Waals surface area contributed by atoms with Crippen molar-refractivity contribution in [2.45, 2.75) is 42.8 Å². The Labute approximate surface area is 279 Å². The van der Waals surface area contributed by atoms with Gasteiger partial charge in [-0.2, -0.15) is 4.37 Å². The molecule has 3 heterocycles. The number of aromatic nitrogens is 2. The van der Waals surface area contributed by atoms with Gasteiger partial charge in [-0.05, 0) is 61.2 Å². The van der Waals surface area contributed by atoms with Crippen LogP contribution >= 0.6 is 11.5 Å². The van der Waals surface area contributed by atoms with Crippen molar-refractivity contribution in [2.24, 2.45) is 5.92 Å². The van der Waals surface area contributed by atoms with Crippen LogP contribution in [0.5, 0.6) is 17.2 Å². The van der Waals surface area contributed by atoms with Crippen LogP contribution in [0.25, 0.3) is 0 Å². The lowest BCUT2D eigenvalue weighted by Crippen LogP contribution is -2.42. The summed E-state index contributed by atoms with van der Waals surface area (Å²) >= 11 is -1.20. The van der Waals surface area contributed by atoms with Gasteiger partial charge >= 0.3 is 0 Å². The minimum absolute atomic E-state index is 0.0258. The molecular formula is C32H34FN4O7S3-. The first kappa shape index (κ1) is 33.3. The Morgan fingerprint density at radius 2 is 1.89 bits per heavy atom. The minimum atomic E-state index is -4.15. The highest BCUT2D eigenvalue weighted by Gasteiger charge is 2.38. The molecule has 0 aliphatic carbocycles. The zero-order valence-corrected chi connectivity index (χ0v) is 28.2. The molecule has 1 aromatic heterocycles. The van der Waals surface area contributed by atoms with E-state index < -0.39 is 21.1 Å². The van der Waals surface area contributed by atoms with Crippen LogP contribution in [0.1, 0.15) is 48.0 Å². The fourth-order valence-corrected chi connectivity index (χ4v) is 9.27. The lowest BCUT2D eigenvalue weighted by Gasteiger charge is -2.46. The second-order valence-corrected chi connectivity index (χ2v) is 15.0. The van der Waals surface area contributed by atoms with E-state index in [1.54, 1.807) is 55.6 Å². The van der Waals surface area contributed by atoms with E-state index in [1.807, 2.05) is 0 Å². The Morgan fingerprint density at radius 1 is 1.09 bits per heavy atom. The molecule has 1 saturated heterocycles. The van der Waals surface area contributed by atoms with E-state index in [2.05, 4.69) is 14.3 Å². The Kier molecular flexibility index (Phi) is 10.1. The third kappa shape index (κ3) is 7.14. The van der Waals surface area contributed by atoms with Crippen molar-refractivity contribution in [3.63, 3.8) is 0 Å². The molecule has 0 bridgehead atoms. The van der Waals surface area contributed by atoms with Gasteiger partial charge in [-0.1, -0.05) is 29.3 Å². The van der Waals surface area contributed by atoms with Crippen molar-refractivity contribution in [2.75, 3.05) is 37.4 Å². The summed E-state index contributed by atoms with van der Waals surface area (Å²) in [6.07, 6.45) is 3.26. The Balaban J connectivity index is 1.32. The molecule has 3 aromatic carbocycles. The van der Waals surface area contributed by atoms with Crippen molar-refractivity contribution in [3.8, 4) is 17.2 Å². The van der Waals surface area contributed by atoms with Crippen molar-refractivity contribution >= 4 is 37.8 Å². The third-order valence-electron chi connectivity index (χ3n) is 8.73. The number of hydrogen-bond acceptors (Lipinski definition) is 11. The number of ether oxygens (including phenoxy) is 3. The number of fused-ring (bicyclic) bond motifs is 1. The molecule has 47 heavy (non-hydrogen) atoms. The van der Waals surface area contributed by atoms with Gasteiger partial charge in [-0.25, -0.2) is 22.1 Å². The van der Waals surface area contributed by atoms with E-state index in [9.17, 15) is 21.6 Å². The molecular weight excluding hydrogens is 668 g/mol. The largest absolute Gasteiger partial charge is 0.772 e. The van der Waals surface area contributed by atoms with Gasteiger partial charge < -0.3 is 18.8 Å². The van der Waals surface area contributed by atoms with Gasteiger partial charge in [0.05, 0.1) is 32.3 Å². The molecule has 0 radical (unpaired) electrons. The molecule has 1 unspecified atom stereocenters. The first-order valence-corrected chi connectivity index (χ1v) is 18.5. The predicted octanol–water partition coefficient (Wildman–Crippen LogP) is 5.25. The Hall–Kier alpha value is -3.63. The van der Waals surface area contributed by atoms with E-state index in [0.717, 1.165) is 22.7 Å². The summed E-state index contributed by atoms with van der Waals surface area (Å²) in [5.74, 6) is 1.20. The predicted molar refractivity (Wildman–Crippen MR) is 174 cm³/mol. The molecule has 1 fully saturated rings. The number of likely N-dealkylation sites (tertiary alicyclic amines) is 1. The summed E-state index contributed by atoms with van der Waals surface area (Å²) in [6, 6.07) is 16.2. The van der Waals surface area contributed by atoms with Crippen LogP contribution in [0.3, 0.4) is 0 Å². The van der Waals surface area contributed by atoms with Crippen LogP contribution < -0.4 is 18.5 Å². The molecule has 0 saturated carbocycles. The molecule has 4 aromatic rings. The molecule has 2 aliphatic rings. The number of nitrogens with zero attached hydrogens (tertiary/aromatic N) is 4. The van der Waals surface area contributed by atoms with Gasteiger partial charge in [0.25, 0.3) is 10.0 Å². The summed E-state index contributed by atoms with van der Waals surface area (Å²) in [5, 5.41) is 0.198. The van der Waals surface area contributed by atoms with E-state index in [1.165, 1.54) is 29.9 Å². The third-order valence-corrected chi connectivity index (χ3v) is 12.0. The number of piperidine rings is 1. The highest BCUT2D eigenvalue weighted by Crippen LogP contribution is 2.46. The highest BCUT2D eigenvalue weighted by atomic mass is 32.2. The summed E-state index contributed by atoms with van der Waals surface area (Å²) in [7, 11) is -1.10. The lowest BCUT2D eigenvalue weighted by molar-refractivity contribution is 0.0493. The first-order valence-electron chi connectivity index (χ1n) is 15.0. The zero-order valence-electron chi connectivity index (χ0n) is 25.8. The standard InChI is InChI=1S/C32H35FN4O7S3/c1-42-25-8-5-23(30(16-25)43-2)18-37(32-34-20-35-45-32)47(40,41)26-9-10-27-28(12-14-44-31(27)17-26)36-13-11-21(19-46(38)39)15-29(36)22-3-6-24(33)7-4-22/h3-10,16-17,20-21,28-29H,11-15,18-19H2,1-2H3,(H,38,39)/p-1/t21-,28+,29+/m1/s1. The van der Waals surface area contributed by atoms with Gasteiger partial charge in [-0.15, -0.1) is 0 Å². The molecule has 4 atom stereocenters. The van der Waals surface area contributed by atoms with Crippen LogP contribution in [-0.2, 0) is 27.6 Å². The van der Waals surface area contributed by atoms with Crippen LogP contribution in [0.2, 0.25) is 0 Å². The van der Waals surface area contributed by atoms with E-state index in [-0.39, 0.29) is 46.1 Å². The van der Waals surface area contributed by atoms with E-state index in [4.69, 9.17) is 14.2 Å². The monoisotopic (exact) mass is 701 g/mol. The number of anilines is 1. The molecule has 0 N–H and O–H groups in total. The van der Waals surface area contributed by atoms with Gasteiger partial charge in [0.1, 0.15) is 29.4 Å². The van der Waals surface area contributed by atoms with Gasteiger partial charge in [0.15, 0.2) is 0 Å². The highest BCUT2D eigenvalue weighted by molar-refractivity contribution is 7.93. The average Bonchev–Trinajstić information content (AvgIpc) is 3.61. The Morgan fingerprint density at radius 3 is 2.60 bits per heavy atom. The second-order valence-electron chi connectivity index (χ2n) is 11.4. The quantitative estimate of drug-likeness (QED) is 0.191. The normalized spacial score (nSPS) is 20.6. The van der Waals surface area contributed by atoms with Gasteiger partial charge in [0, 0.05) is 59.0 Å². The maximum absolute atomic E-state index is 14.3. The number of benzene rings is 3. The maximum atomic E-state index is 14.3. The van der Waals surface area contributed by atoms with Crippen LogP contribution in [0, 0.1) is 11.7 Å². The topological polar surface area (TPSA) is 134 Å². The molecule has 11 nitrogen and oxygen atoms in total. The summed E-state index contributed by atoms with van der Waals surface area (Å²) < 4.78 is 87.6. The van der Waals surface area contributed by atoms with Crippen molar-refractivity contribution in [1.29, 1.82) is 0 Å². The molecule has 250 valence electrons. The average molecular weight is 702 g/mol. The number of halogens is 1. The van der Waals surface area contributed by atoms with Crippen LogP contribution in [0.15, 0.2) is 71.9 Å². The Bertz CT molecular complexity index is 1830. The number of sulfonamides is 1.